The second-order valence-corrected chi connectivity index (χ2v) is 7.25. The molecule has 6 nitrogen and oxygen atoms in total. The molecule has 8 atom stereocenters. The van der Waals surface area contributed by atoms with Gasteiger partial charge in [-0.1, -0.05) is 20.8 Å². The number of hydrogen-bond acceptors (Lipinski definition) is 6. The van der Waals surface area contributed by atoms with E-state index in [1.807, 2.05) is 13.8 Å². The molecule has 3 aliphatic carbocycles. The zero-order valence-electron chi connectivity index (χ0n) is 13.5. The summed E-state index contributed by atoms with van der Waals surface area (Å²) in [6.45, 7) is 6.13. The minimum absolute atomic E-state index is 0.107. The fourth-order valence-corrected chi connectivity index (χ4v) is 4.81. The Balaban J connectivity index is 0.000000693. The van der Waals surface area contributed by atoms with Crippen molar-refractivity contribution < 1.29 is 29.9 Å². The Morgan fingerprint density at radius 2 is 1.32 bits per heavy atom. The topological polar surface area (TPSA) is 99.4 Å². The van der Waals surface area contributed by atoms with Gasteiger partial charge in [0.15, 0.2) is 5.79 Å². The summed E-state index contributed by atoms with van der Waals surface area (Å²) >= 11 is 0. The Labute approximate surface area is 131 Å². The second-order valence-electron chi connectivity index (χ2n) is 7.25. The van der Waals surface area contributed by atoms with Crippen LogP contribution in [0.4, 0.5) is 0 Å². The standard InChI is InChI=1S/C14H22O6.C2H6/c1-13-3-2-6(4-13)5-14(13)19-11-9(17)7(15)8(16)10(18)12(11)20-14;1-2/h6-12,15-18H,2-5H2,1H3;1-2H3/t6-,7?,8?,9?,10?,11?,12?,13+,14?;/m0./s1. The molecule has 0 amide bonds. The van der Waals surface area contributed by atoms with Gasteiger partial charge in [-0.25, -0.2) is 0 Å². The van der Waals surface area contributed by atoms with Crippen molar-refractivity contribution in [3.63, 3.8) is 0 Å². The smallest absolute Gasteiger partial charge is 0.175 e. The van der Waals surface area contributed by atoms with E-state index in [9.17, 15) is 20.4 Å². The molecular formula is C16H28O6. The Bertz CT molecular complexity index is 407. The molecule has 128 valence electrons. The van der Waals surface area contributed by atoms with Crippen molar-refractivity contribution in [2.24, 2.45) is 11.3 Å². The van der Waals surface area contributed by atoms with Gasteiger partial charge in [0.2, 0.25) is 0 Å². The third-order valence-electron chi connectivity index (χ3n) is 6.02. The molecule has 2 bridgehead atoms. The monoisotopic (exact) mass is 316 g/mol. The highest BCUT2D eigenvalue weighted by Gasteiger charge is 2.69. The minimum atomic E-state index is -1.41. The van der Waals surface area contributed by atoms with Crippen LogP contribution in [0.15, 0.2) is 0 Å². The predicted molar refractivity (Wildman–Crippen MR) is 77.9 cm³/mol. The normalized spacial score (nSPS) is 59.3. The van der Waals surface area contributed by atoms with Crippen molar-refractivity contribution in [1.29, 1.82) is 0 Å². The lowest BCUT2D eigenvalue weighted by atomic mass is 9.80. The third kappa shape index (κ3) is 2.01. The van der Waals surface area contributed by atoms with Gasteiger partial charge in [0.1, 0.15) is 36.6 Å². The van der Waals surface area contributed by atoms with Crippen LogP contribution in [0.25, 0.3) is 0 Å². The molecule has 0 aromatic heterocycles. The van der Waals surface area contributed by atoms with Gasteiger partial charge in [-0.05, 0) is 25.2 Å². The summed E-state index contributed by atoms with van der Waals surface area (Å²) in [5, 5.41) is 39.8. The molecule has 3 saturated carbocycles. The molecule has 4 N–H and O–H groups in total. The number of ether oxygens (including phenoxy) is 2. The van der Waals surface area contributed by atoms with E-state index in [1.54, 1.807) is 0 Å². The zero-order valence-corrected chi connectivity index (χ0v) is 13.5. The van der Waals surface area contributed by atoms with Crippen LogP contribution >= 0.6 is 0 Å². The molecule has 0 radical (unpaired) electrons. The summed E-state index contributed by atoms with van der Waals surface area (Å²) < 4.78 is 12.1. The molecule has 22 heavy (non-hydrogen) atoms. The largest absolute Gasteiger partial charge is 0.387 e. The van der Waals surface area contributed by atoms with E-state index in [0.29, 0.717) is 5.92 Å². The Morgan fingerprint density at radius 1 is 0.818 bits per heavy atom. The first-order valence-corrected chi connectivity index (χ1v) is 8.45. The Morgan fingerprint density at radius 3 is 1.68 bits per heavy atom. The number of hydrogen-bond donors (Lipinski definition) is 4. The molecule has 6 heteroatoms. The van der Waals surface area contributed by atoms with Crippen molar-refractivity contribution in [3.05, 3.63) is 0 Å². The summed E-state index contributed by atoms with van der Waals surface area (Å²) in [4.78, 5) is 0. The average Bonchev–Trinajstić information content (AvgIpc) is 3.16. The highest BCUT2D eigenvalue weighted by molar-refractivity contribution is 5.12. The van der Waals surface area contributed by atoms with Gasteiger partial charge in [0.05, 0.1) is 0 Å². The predicted octanol–water partition coefficient (Wildman–Crippen LogP) is 0.160. The van der Waals surface area contributed by atoms with E-state index in [1.165, 1.54) is 0 Å². The first-order valence-electron chi connectivity index (χ1n) is 8.45. The number of fused-ring (bicyclic) bond motifs is 4. The fraction of sp³-hybridized carbons (Fsp3) is 1.00. The average molecular weight is 316 g/mol. The molecule has 4 aliphatic rings. The molecule has 0 aromatic carbocycles. The van der Waals surface area contributed by atoms with Gasteiger partial charge < -0.3 is 29.9 Å². The third-order valence-corrected chi connectivity index (χ3v) is 6.02. The van der Waals surface area contributed by atoms with Gasteiger partial charge in [-0.2, -0.15) is 0 Å². The van der Waals surface area contributed by atoms with Crippen molar-refractivity contribution in [1.82, 2.24) is 0 Å². The van der Waals surface area contributed by atoms with Gasteiger partial charge in [0.25, 0.3) is 0 Å². The summed E-state index contributed by atoms with van der Waals surface area (Å²) in [5.41, 5.74) is -0.107. The van der Waals surface area contributed by atoms with E-state index in [2.05, 4.69) is 6.92 Å². The maximum atomic E-state index is 10.1. The first-order chi connectivity index (χ1) is 10.4. The number of aliphatic hydroxyl groups excluding tert-OH is 4. The lowest BCUT2D eigenvalue weighted by Crippen LogP contribution is -2.62. The van der Waals surface area contributed by atoms with E-state index in [-0.39, 0.29) is 5.41 Å². The fourth-order valence-electron chi connectivity index (χ4n) is 4.81. The summed E-state index contributed by atoms with van der Waals surface area (Å²) in [6.07, 6.45) is -2.87. The lowest BCUT2D eigenvalue weighted by Gasteiger charge is -2.40. The Kier molecular flexibility index (Phi) is 4.07. The van der Waals surface area contributed by atoms with E-state index in [0.717, 1.165) is 25.7 Å². The van der Waals surface area contributed by atoms with E-state index >= 15 is 0 Å². The van der Waals surface area contributed by atoms with Crippen molar-refractivity contribution in [2.75, 3.05) is 0 Å². The lowest BCUT2D eigenvalue weighted by molar-refractivity contribution is -0.246. The van der Waals surface area contributed by atoms with Crippen LogP contribution in [0, 0.1) is 11.3 Å². The molecule has 0 aromatic rings. The number of rotatable bonds is 0. The number of aliphatic hydroxyl groups is 4. The van der Waals surface area contributed by atoms with Crippen LogP contribution in [0.2, 0.25) is 0 Å². The summed E-state index contributed by atoms with van der Waals surface area (Å²) in [7, 11) is 0. The van der Waals surface area contributed by atoms with Crippen molar-refractivity contribution in [2.45, 2.75) is 88.9 Å². The van der Waals surface area contributed by atoms with Crippen LogP contribution in [0.3, 0.4) is 0 Å². The molecule has 1 saturated heterocycles. The molecule has 1 heterocycles. The van der Waals surface area contributed by atoms with Crippen LogP contribution in [-0.4, -0.2) is 62.8 Å². The highest BCUT2D eigenvalue weighted by Crippen LogP contribution is 2.64. The van der Waals surface area contributed by atoms with Gasteiger partial charge in [0, 0.05) is 11.8 Å². The zero-order chi connectivity index (χ0) is 16.3. The molecule has 6 unspecified atom stereocenters. The SMILES string of the molecule is CC.C[C@]12CC[C@H](CC13OC1C(O)C(O)C(O)C(O)C1O3)C2. The van der Waals surface area contributed by atoms with Gasteiger partial charge in [-0.15, -0.1) is 0 Å². The molecule has 1 aliphatic heterocycles. The van der Waals surface area contributed by atoms with Crippen LogP contribution in [0.5, 0.6) is 0 Å². The van der Waals surface area contributed by atoms with Gasteiger partial charge in [-0.3, -0.25) is 0 Å². The first kappa shape index (κ1) is 16.6. The van der Waals surface area contributed by atoms with Crippen molar-refractivity contribution in [3.8, 4) is 0 Å². The maximum absolute atomic E-state index is 10.1. The summed E-state index contributed by atoms with van der Waals surface area (Å²) in [6, 6.07) is 0. The quantitative estimate of drug-likeness (QED) is 0.508. The van der Waals surface area contributed by atoms with E-state index in [4.69, 9.17) is 9.47 Å². The molecular weight excluding hydrogens is 288 g/mol. The van der Waals surface area contributed by atoms with Crippen LogP contribution in [0.1, 0.15) is 46.5 Å². The Hall–Kier alpha value is -0.240. The van der Waals surface area contributed by atoms with Crippen LogP contribution in [-0.2, 0) is 9.47 Å². The molecule has 4 rings (SSSR count). The minimum Gasteiger partial charge on any atom is -0.387 e. The molecule has 4 fully saturated rings. The maximum Gasteiger partial charge on any atom is 0.175 e. The van der Waals surface area contributed by atoms with Gasteiger partial charge >= 0.3 is 0 Å². The second kappa shape index (κ2) is 5.40. The summed E-state index contributed by atoms with van der Waals surface area (Å²) in [5.74, 6) is -0.221. The highest BCUT2D eigenvalue weighted by atomic mass is 16.8. The van der Waals surface area contributed by atoms with E-state index < -0.39 is 42.4 Å². The molecule has 1 spiro atoms. The van der Waals surface area contributed by atoms with Crippen LogP contribution < -0.4 is 0 Å². The van der Waals surface area contributed by atoms with Crippen molar-refractivity contribution >= 4 is 0 Å².